The summed E-state index contributed by atoms with van der Waals surface area (Å²) < 4.78 is 13.1. The van der Waals surface area contributed by atoms with Crippen LogP contribution in [-0.4, -0.2) is 37.0 Å². The third-order valence-corrected chi connectivity index (χ3v) is 4.86. The van der Waals surface area contributed by atoms with E-state index in [2.05, 4.69) is 5.32 Å². The van der Waals surface area contributed by atoms with Gasteiger partial charge in [0.15, 0.2) is 0 Å². The van der Waals surface area contributed by atoms with E-state index in [1.807, 2.05) is 4.90 Å². The highest BCUT2D eigenvalue weighted by atomic mass is 35.5. The van der Waals surface area contributed by atoms with Gasteiger partial charge in [-0.1, -0.05) is 11.6 Å². The third kappa shape index (κ3) is 3.33. The summed E-state index contributed by atoms with van der Waals surface area (Å²) in [5.74, 6) is -0.492. The number of carbonyl (C=O) groups excluding carboxylic acids is 1. The summed E-state index contributed by atoms with van der Waals surface area (Å²) in [5, 5.41) is 3.56. The van der Waals surface area contributed by atoms with Crippen molar-refractivity contribution in [1.82, 2.24) is 10.2 Å². The van der Waals surface area contributed by atoms with Crippen molar-refractivity contribution >= 4 is 29.9 Å². The van der Waals surface area contributed by atoms with Gasteiger partial charge in [-0.2, -0.15) is 0 Å². The van der Waals surface area contributed by atoms with Gasteiger partial charge in [-0.15, -0.1) is 12.4 Å². The van der Waals surface area contributed by atoms with E-state index in [9.17, 15) is 9.18 Å². The SMILES string of the molecule is Cl.O=C(c1ccc(F)cc1Cl)N1CCC2(CCNCC2)C1. The molecule has 1 N–H and O–H groups in total. The molecule has 0 saturated carbocycles. The fourth-order valence-corrected chi connectivity index (χ4v) is 3.56. The molecule has 0 atom stereocenters. The van der Waals surface area contributed by atoms with Crippen molar-refractivity contribution < 1.29 is 9.18 Å². The average molecular weight is 333 g/mol. The molecule has 0 bridgehead atoms. The predicted molar refractivity (Wildman–Crippen MR) is 83.7 cm³/mol. The van der Waals surface area contributed by atoms with Crippen LogP contribution in [0.5, 0.6) is 0 Å². The molecular formula is C15H19Cl2FN2O. The lowest BCUT2D eigenvalue weighted by Crippen LogP contribution is -2.39. The summed E-state index contributed by atoms with van der Waals surface area (Å²) >= 11 is 5.98. The lowest BCUT2D eigenvalue weighted by atomic mass is 9.78. The Labute approximate surface area is 135 Å². The Hall–Kier alpha value is -0.840. The summed E-state index contributed by atoms with van der Waals surface area (Å²) in [7, 11) is 0. The zero-order chi connectivity index (χ0) is 14.2. The maximum absolute atomic E-state index is 13.1. The number of piperidine rings is 1. The number of likely N-dealkylation sites (tertiary alicyclic amines) is 1. The Morgan fingerprint density at radius 3 is 2.67 bits per heavy atom. The molecule has 2 heterocycles. The maximum Gasteiger partial charge on any atom is 0.255 e. The van der Waals surface area contributed by atoms with Gasteiger partial charge >= 0.3 is 0 Å². The molecule has 1 aromatic rings. The van der Waals surface area contributed by atoms with Crippen LogP contribution in [0, 0.1) is 11.2 Å². The normalized spacial score (nSPS) is 20.4. The van der Waals surface area contributed by atoms with Crippen LogP contribution in [0.4, 0.5) is 4.39 Å². The molecule has 21 heavy (non-hydrogen) atoms. The number of halogens is 3. The molecule has 2 saturated heterocycles. The van der Waals surface area contributed by atoms with E-state index in [0.29, 0.717) is 5.56 Å². The first kappa shape index (κ1) is 16.5. The minimum absolute atomic E-state index is 0. The fourth-order valence-electron chi connectivity index (χ4n) is 3.31. The van der Waals surface area contributed by atoms with Gasteiger partial charge in [0, 0.05) is 13.1 Å². The van der Waals surface area contributed by atoms with Gasteiger partial charge in [0.2, 0.25) is 0 Å². The minimum atomic E-state index is -0.414. The van der Waals surface area contributed by atoms with Crippen LogP contribution in [0.15, 0.2) is 18.2 Å². The van der Waals surface area contributed by atoms with Crippen molar-refractivity contribution in [1.29, 1.82) is 0 Å². The van der Waals surface area contributed by atoms with Gasteiger partial charge in [-0.25, -0.2) is 4.39 Å². The Kier molecular flexibility index (Phi) is 5.12. The number of amides is 1. The predicted octanol–water partition coefficient (Wildman–Crippen LogP) is 3.12. The molecule has 0 aliphatic carbocycles. The smallest absolute Gasteiger partial charge is 0.255 e. The zero-order valence-corrected chi connectivity index (χ0v) is 13.3. The van der Waals surface area contributed by atoms with E-state index >= 15 is 0 Å². The highest BCUT2D eigenvalue weighted by molar-refractivity contribution is 6.33. The molecule has 0 aromatic heterocycles. The summed E-state index contributed by atoms with van der Waals surface area (Å²) in [6.07, 6.45) is 3.29. The molecule has 6 heteroatoms. The number of hydrogen-bond acceptors (Lipinski definition) is 2. The van der Waals surface area contributed by atoms with Crippen LogP contribution < -0.4 is 5.32 Å². The van der Waals surface area contributed by atoms with Crippen LogP contribution in [-0.2, 0) is 0 Å². The standard InChI is InChI=1S/C15H18ClFN2O.ClH/c16-13-9-11(17)1-2-12(13)14(20)19-8-5-15(10-19)3-6-18-7-4-15;/h1-2,9,18H,3-8,10H2;1H. The second kappa shape index (κ2) is 6.51. The number of carbonyl (C=O) groups is 1. The van der Waals surface area contributed by atoms with Crippen LogP contribution in [0.2, 0.25) is 5.02 Å². The molecule has 3 nitrogen and oxygen atoms in total. The summed E-state index contributed by atoms with van der Waals surface area (Å²) in [4.78, 5) is 14.4. The molecule has 1 amide bonds. The fraction of sp³-hybridized carbons (Fsp3) is 0.533. The quantitative estimate of drug-likeness (QED) is 0.856. The van der Waals surface area contributed by atoms with Crippen molar-refractivity contribution in [3.63, 3.8) is 0 Å². The first-order valence-corrected chi connectivity index (χ1v) is 7.43. The van der Waals surface area contributed by atoms with Crippen molar-refractivity contribution in [2.45, 2.75) is 19.3 Å². The van der Waals surface area contributed by atoms with E-state index in [1.54, 1.807) is 0 Å². The lowest BCUT2D eigenvalue weighted by molar-refractivity contribution is 0.0762. The summed E-state index contributed by atoms with van der Waals surface area (Å²) in [5.41, 5.74) is 0.673. The van der Waals surface area contributed by atoms with E-state index in [-0.39, 0.29) is 28.8 Å². The highest BCUT2D eigenvalue weighted by Gasteiger charge is 2.40. The number of benzene rings is 1. The van der Waals surface area contributed by atoms with Crippen LogP contribution >= 0.6 is 24.0 Å². The molecule has 0 unspecified atom stereocenters. The summed E-state index contributed by atoms with van der Waals surface area (Å²) in [6.45, 7) is 3.62. The van der Waals surface area contributed by atoms with Crippen LogP contribution in [0.1, 0.15) is 29.6 Å². The number of hydrogen-bond donors (Lipinski definition) is 1. The van der Waals surface area contributed by atoms with Crippen LogP contribution in [0.25, 0.3) is 0 Å². The number of rotatable bonds is 1. The molecular weight excluding hydrogens is 314 g/mol. The second-order valence-corrected chi connectivity index (χ2v) is 6.26. The zero-order valence-electron chi connectivity index (χ0n) is 11.7. The molecule has 0 radical (unpaired) electrons. The van der Waals surface area contributed by atoms with Gasteiger partial charge in [-0.05, 0) is 56.0 Å². The molecule has 2 aliphatic heterocycles. The van der Waals surface area contributed by atoms with Gasteiger partial charge in [0.1, 0.15) is 5.82 Å². The minimum Gasteiger partial charge on any atom is -0.338 e. The second-order valence-electron chi connectivity index (χ2n) is 5.85. The Morgan fingerprint density at radius 2 is 2.00 bits per heavy atom. The van der Waals surface area contributed by atoms with Gasteiger partial charge < -0.3 is 10.2 Å². The van der Waals surface area contributed by atoms with E-state index in [0.717, 1.165) is 45.4 Å². The molecule has 116 valence electrons. The maximum atomic E-state index is 13.1. The lowest BCUT2D eigenvalue weighted by Gasteiger charge is -2.33. The van der Waals surface area contributed by atoms with Crippen molar-refractivity contribution in [3.05, 3.63) is 34.6 Å². The van der Waals surface area contributed by atoms with E-state index in [4.69, 9.17) is 11.6 Å². The van der Waals surface area contributed by atoms with Gasteiger partial charge in [0.25, 0.3) is 5.91 Å². The third-order valence-electron chi connectivity index (χ3n) is 4.55. The molecule has 2 fully saturated rings. The number of nitrogens with zero attached hydrogens (tertiary/aromatic N) is 1. The van der Waals surface area contributed by atoms with Crippen molar-refractivity contribution in [2.75, 3.05) is 26.2 Å². The van der Waals surface area contributed by atoms with Gasteiger partial charge in [-0.3, -0.25) is 4.79 Å². The Bertz CT molecular complexity index is 532. The molecule has 2 aliphatic rings. The highest BCUT2D eigenvalue weighted by Crippen LogP contribution is 2.39. The largest absolute Gasteiger partial charge is 0.338 e. The van der Waals surface area contributed by atoms with Crippen molar-refractivity contribution in [2.24, 2.45) is 5.41 Å². The van der Waals surface area contributed by atoms with Gasteiger partial charge in [0.05, 0.1) is 10.6 Å². The molecule has 3 rings (SSSR count). The first-order chi connectivity index (χ1) is 9.60. The van der Waals surface area contributed by atoms with Crippen LogP contribution in [0.3, 0.4) is 0 Å². The Morgan fingerprint density at radius 1 is 1.29 bits per heavy atom. The molecule has 1 aromatic carbocycles. The monoisotopic (exact) mass is 332 g/mol. The molecule has 1 spiro atoms. The van der Waals surface area contributed by atoms with E-state index in [1.165, 1.54) is 18.2 Å². The first-order valence-electron chi connectivity index (χ1n) is 7.05. The topological polar surface area (TPSA) is 32.3 Å². The summed E-state index contributed by atoms with van der Waals surface area (Å²) in [6, 6.07) is 3.97. The van der Waals surface area contributed by atoms with Crippen molar-refractivity contribution in [3.8, 4) is 0 Å². The van der Waals surface area contributed by atoms with E-state index < -0.39 is 5.82 Å². The average Bonchev–Trinajstić information content (AvgIpc) is 2.83. The Balaban J connectivity index is 0.00000161. The number of nitrogens with one attached hydrogen (secondary N) is 1.